The van der Waals surface area contributed by atoms with Crippen molar-refractivity contribution in [3.63, 3.8) is 0 Å². The minimum absolute atomic E-state index is 0.0296. The van der Waals surface area contributed by atoms with Gasteiger partial charge < -0.3 is 10.1 Å². The zero-order chi connectivity index (χ0) is 19.1. The Labute approximate surface area is 163 Å². The van der Waals surface area contributed by atoms with Crippen LogP contribution in [-0.4, -0.2) is 42.0 Å². The number of rotatable bonds is 7. The Hall–Kier alpha value is -1.88. The maximum atomic E-state index is 13.1. The van der Waals surface area contributed by atoms with Crippen molar-refractivity contribution in [3.05, 3.63) is 35.6 Å². The van der Waals surface area contributed by atoms with E-state index in [0.717, 1.165) is 44.3 Å². The Bertz CT molecular complexity index is 636. The van der Waals surface area contributed by atoms with Crippen LogP contribution < -0.4 is 5.32 Å². The molecule has 3 aliphatic rings. The number of amidine groups is 1. The monoisotopic (exact) mass is 371 g/mol. The van der Waals surface area contributed by atoms with Crippen molar-refractivity contribution in [2.45, 2.75) is 77.3 Å². The zero-order valence-electron chi connectivity index (χ0n) is 16.7. The van der Waals surface area contributed by atoms with Gasteiger partial charge in [0.25, 0.3) is 5.91 Å². The summed E-state index contributed by atoms with van der Waals surface area (Å²) in [7, 11) is 0. The van der Waals surface area contributed by atoms with Gasteiger partial charge in [-0.05, 0) is 50.8 Å². The van der Waals surface area contributed by atoms with Gasteiger partial charge in [-0.25, -0.2) is 4.99 Å². The summed E-state index contributed by atoms with van der Waals surface area (Å²) in [6, 6.07) is 1.08. The fourth-order valence-electron chi connectivity index (χ4n) is 4.05. The topological polar surface area (TPSA) is 53.9 Å². The zero-order valence-corrected chi connectivity index (χ0v) is 16.7. The van der Waals surface area contributed by atoms with E-state index >= 15 is 0 Å². The van der Waals surface area contributed by atoms with E-state index in [1.165, 1.54) is 25.7 Å². The van der Waals surface area contributed by atoms with Crippen molar-refractivity contribution in [3.8, 4) is 0 Å². The summed E-state index contributed by atoms with van der Waals surface area (Å²) >= 11 is 0. The van der Waals surface area contributed by atoms with Crippen molar-refractivity contribution >= 4 is 11.9 Å². The molecule has 1 N–H and O–H groups in total. The molecular formula is C22H33N3O2. The van der Waals surface area contributed by atoms with Crippen LogP contribution in [0.4, 0.5) is 0 Å². The number of aliphatic imine (C=N–C) groups is 1. The first-order valence-corrected chi connectivity index (χ1v) is 10.6. The van der Waals surface area contributed by atoms with Crippen molar-refractivity contribution < 1.29 is 9.53 Å². The van der Waals surface area contributed by atoms with Crippen LogP contribution in [0.3, 0.4) is 0 Å². The SMILES string of the molecule is C/C=C(\C=C/CNCC)/C=C1/OC(=NC2CCCC2)N(C2CCCC2)C1=O. The Balaban J connectivity index is 1.79. The summed E-state index contributed by atoms with van der Waals surface area (Å²) < 4.78 is 6.02. The van der Waals surface area contributed by atoms with Gasteiger partial charge in [-0.1, -0.05) is 50.8 Å². The normalized spacial score (nSPS) is 25.6. The van der Waals surface area contributed by atoms with Gasteiger partial charge >= 0.3 is 6.02 Å². The predicted molar refractivity (Wildman–Crippen MR) is 109 cm³/mol. The van der Waals surface area contributed by atoms with Crippen LogP contribution in [0.5, 0.6) is 0 Å². The van der Waals surface area contributed by atoms with E-state index < -0.39 is 0 Å². The third-order valence-electron chi connectivity index (χ3n) is 5.60. The van der Waals surface area contributed by atoms with Crippen molar-refractivity contribution in [2.24, 2.45) is 4.99 Å². The minimum atomic E-state index is -0.0296. The van der Waals surface area contributed by atoms with Gasteiger partial charge in [0.2, 0.25) is 0 Å². The number of ether oxygens (including phenoxy) is 1. The molecule has 2 saturated carbocycles. The summed E-state index contributed by atoms with van der Waals surface area (Å²) in [6.45, 7) is 5.82. The fraction of sp³-hybridized carbons (Fsp3) is 0.636. The van der Waals surface area contributed by atoms with E-state index in [0.29, 0.717) is 17.8 Å². The molecular weight excluding hydrogens is 338 g/mol. The average molecular weight is 372 g/mol. The molecule has 0 unspecified atom stereocenters. The van der Waals surface area contributed by atoms with Crippen LogP contribution in [0, 0.1) is 0 Å². The van der Waals surface area contributed by atoms with Gasteiger partial charge in [0.15, 0.2) is 5.76 Å². The number of hydrogen-bond donors (Lipinski definition) is 1. The van der Waals surface area contributed by atoms with Gasteiger partial charge in [-0.3, -0.25) is 9.69 Å². The minimum Gasteiger partial charge on any atom is -0.420 e. The highest BCUT2D eigenvalue weighted by Gasteiger charge is 2.41. The first kappa shape index (κ1) is 19.9. The molecule has 0 bridgehead atoms. The highest BCUT2D eigenvalue weighted by atomic mass is 16.5. The van der Waals surface area contributed by atoms with E-state index in [9.17, 15) is 4.79 Å². The van der Waals surface area contributed by atoms with Crippen LogP contribution in [0.15, 0.2) is 40.6 Å². The molecule has 1 heterocycles. The highest BCUT2D eigenvalue weighted by molar-refractivity contribution is 6.09. The van der Waals surface area contributed by atoms with Crippen LogP contribution in [0.25, 0.3) is 0 Å². The number of amides is 1. The summed E-state index contributed by atoms with van der Waals surface area (Å²) in [4.78, 5) is 19.8. The number of likely N-dealkylation sites (N-methyl/N-ethyl adjacent to an activating group) is 1. The lowest BCUT2D eigenvalue weighted by molar-refractivity contribution is -0.124. The van der Waals surface area contributed by atoms with E-state index in [1.54, 1.807) is 0 Å². The average Bonchev–Trinajstić information content (AvgIpc) is 3.41. The molecule has 27 heavy (non-hydrogen) atoms. The Morgan fingerprint density at radius 3 is 2.59 bits per heavy atom. The van der Waals surface area contributed by atoms with Crippen molar-refractivity contribution in [1.82, 2.24) is 10.2 Å². The van der Waals surface area contributed by atoms with Crippen LogP contribution in [0.2, 0.25) is 0 Å². The molecule has 5 heteroatoms. The highest BCUT2D eigenvalue weighted by Crippen LogP contribution is 2.31. The summed E-state index contributed by atoms with van der Waals surface area (Å²) in [5.41, 5.74) is 0.977. The number of carbonyl (C=O) groups excluding carboxylic acids is 1. The number of allylic oxidation sites excluding steroid dienone is 4. The Morgan fingerprint density at radius 1 is 1.22 bits per heavy atom. The molecule has 1 saturated heterocycles. The van der Waals surface area contributed by atoms with Crippen molar-refractivity contribution in [1.29, 1.82) is 0 Å². The third kappa shape index (κ3) is 5.10. The molecule has 0 aromatic rings. The maximum Gasteiger partial charge on any atom is 0.300 e. The lowest BCUT2D eigenvalue weighted by Gasteiger charge is -2.21. The van der Waals surface area contributed by atoms with Crippen LogP contribution in [0.1, 0.15) is 65.2 Å². The Kier molecular flexibility index (Phi) is 7.27. The molecule has 0 radical (unpaired) electrons. The van der Waals surface area contributed by atoms with Gasteiger partial charge in [0, 0.05) is 12.6 Å². The molecule has 3 fully saturated rings. The van der Waals surface area contributed by atoms with Gasteiger partial charge in [-0.15, -0.1) is 0 Å². The van der Waals surface area contributed by atoms with Gasteiger partial charge in [0.1, 0.15) is 0 Å². The van der Waals surface area contributed by atoms with Crippen LogP contribution in [-0.2, 0) is 9.53 Å². The summed E-state index contributed by atoms with van der Waals surface area (Å²) in [5.74, 6) is 0.373. The van der Waals surface area contributed by atoms with E-state index in [-0.39, 0.29) is 11.9 Å². The predicted octanol–water partition coefficient (Wildman–Crippen LogP) is 4.08. The largest absolute Gasteiger partial charge is 0.420 e. The van der Waals surface area contributed by atoms with E-state index in [1.807, 2.05) is 30.1 Å². The molecule has 2 aliphatic carbocycles. The maximum absolute atomic E-state index is 13.1. The quantitative estimate of drug-likeness (QED) is 0.417. The molecule has 0 spiro atoms. The third-order valence-corrected chi connectivity index (χ3v) is 5.60. The smallest absolute Gasteiger partial charge is 0.300 e. The fourth-order valence-corrected chi connectivity index (χ4v) is 4.05. The van der Waals surface area contributed by atoms with E-state index in [4.69, 9.17) is 9.73 Å². The number of hydrogen-bond acceptors (Lipinski definition) is 4. The lowest BCUT2D eigenvalue weighted by atomic mass is 10.2. The number of nitrogens with one attached hydrogen (secondary N) is 1. The second-order valence-corrected chi connectivity index (χ2v) is 7.57. The number of carbonyl (C=O) groups is 1. The molecule has 3 rings (SSSR count). The molecule has 0 aromatic carbocycles. The lowest BCUT2D eigenvalue weighted by Crippen LogP contribution is -2.38. The standard InChI is InChI=1S/C22H33N3O2/c1-3-17(10-9-15-23-4-2)16-20-21(26)25(19-13-7-8-14-19)22(27-20)24-18-11-5-6-12-18/h3,9-10,16,18-19,23H,4-8,11-15H2,1-2H3/b10-9-,17-3+,20-16+,24-22?. The Morgan fingerprint density at radius 2 is 1.93 bits per heavy atom. The first-order valence-electron chi connectivity index (χ1n) is 10.6. The molecule has 1 aliphatic heterocycles. The summed E-state index contributed by atoms with van der Waals surface area (Å²) in [5, 5.41) is 3.26. The second kappa shape index (κ2) is 9.88. The second-order valence-electron chi connectivity index (χ2n) is 7.57. The van der Waals surface area contributed by atoms with Crippen molar-refractivity contribution in [2.75, 3.05) is 13.1 Å². The van der Waals surface area contributed by atoms with Gasteiger partial charge in [-0.2, -0.15) is 0 Å². The van der Waals surface area contributed by atoms with Gasteiger partial charge in [0.05, 0.1) is 6.04 Å². The molecule has 0 atom stereocenters. The molecule has 1 amide bonds. The first-order chi connectivity index (χ1) is 13.2. The van der Waals surface area contributed by atoms with Crippen LogP contribution >= 0.6 is 0 Å². The van der Waals surface area contributed by atoms with E-state index in [2.05, 4.69) is 18.3 Å². The number of nitrogens with zero attached hydrogens (tertiary/aromatic N) is 2. The molecule has 148 valence electrons. The summed E-state index contributed by atoms with van der Waals surface area (Å²) in [6.07, 6.45) is 17.0. The molecule has 5 nitrogen and oxygen atoms in total. The molecule has 0 aromatic heterocycles.